The third-order valence-corrected chi connectivity index (χ3v) is 6.63. The maximum Gasteiger partial charge on any atom is 0.316 e. The van der Waals surface area contributed by atoms with Crippen molar-refractivity contribution in [1.82, 2.24) is 14.7 Å². The molecule has 0 unspecified atom stereocenters. The van der Waals surface area contributed by atoms with Gasteiger partial charge in [0.15, 0.2) is 0 Å². The van der Waals surface area contributed by atoms with Gasteiger partial charge in [0.25, 0.3) is 0 Å². The molecule has 3 aromatic carbocycles. The van der Waals surface area contributed by atoms with E-state index < -0.39 is 0 Å². The Morgan fingerprint density at radius 1 is 0.897 bits per heavy atom. The van der Waals surface area contributed by atoms with Crippen LogP contribution in [0.15, 0.2) is 89.9 Å². The maximum absolute atomic E-state index is 13.6. The minimum Gasteiger partial charge on any atom is -0.481 e. The smallest absolute Gasteiger partial charge is 0.316 e. The molecule has 0 fully saturated rings. The molecular weight excluding hydrogens is 488 g/mol. The molecule has 7 nitrogen and oxygen atoms in total. The Morgan fingerprint density at radius 2 is 1.54 bits per heavy atom. The normalized spacial score (nSPS) is 10.8. The topological polar surface area (TPSA) is 67.7 Å². The minimum atomic E-state index is -0.334. The van der Waals surface area contributed by atoms with Crippen LogP contribution in [0, 0.1) is 13.8 Å². The van der Waals surface area contributed by atoms with Gasteiger partial charge in [0, 0.05) is 26.7 Å². The second-order valence-corrected chi connectivity index (χ2v) is 9.75. The van der Waals surface area contributed by atoms with Gasteiger partial charge in [-0.25, -0.2) is 0 Å². The summed E-state index contributed by atoms with van der Waals surface area (Å²) < 4.78 is 7.47. The van der Waals surface area contributed by atoms with Crippen molar-refractivity contribution < 1.29 is 9.53 Å². The van der Waals surface area contributed by atoms with Crippen LogP contribution < -0.4 is 15.2 Å². The second kappa shape index (κ2) is 12.9. The third-order valence-electron chi connectivity index (χ3n) is 6.63. The first-order valence-electron chi connectivity index (χ1n) is 13.3. The van der Waals surface area contributed by atoms with Gasteiger partial charge in [0.2, 0.25) is 11.7 Å². The zero-order valence-electron chi connectivity index (χ0n) is 23.1. The number of benzene rings is 3. The van der Waals surface area contributed by atoms with E-state index in [1.54, 1.807) is 6.20 Å². The highest BCUT2D eigenvalue weighted by Gasteiger charge is 2.19. The molecule has 0 bridgehead atoms. The number of para-hydroxylation sites is 1. The van der Waals surface area contributed by atoms with Crippen LogP contribution >= 0.6 is 0 Å². The van der Waals surface area contributed by atoms with E-state index in [0.29, 0.717) is 37.4 Å². The molecule has 0 N–H and O–H groups in total. The van der Waals surface area contributed by atoms with Crippen LogP contribution in [-0.2, 0) is 17.8 Å². The lowest BCUT2D eigenvalue weighted by atomic mass is 10.0. The minimum absolute atomic E-state index is 0.0778. The van der Waals surface area contributed by atoms with E-state index in [4.69, 9.17) is 4.74 Å². The van der Waals surface area contributed by atoms with E-state index >= 15 is 0 Å². The van der Waals surface area contributed by atoms with E-state index in [0.717, 1.165) is 22.3 Å². The van der Waals surface area contributed by atoms with Gasteiger partial charge >= 0.3 is 5.56 Å². The first-order chi connectivity index (χ1) is 18.9. The summed E-state index contributed by atoms with van der Waals surface area (Å²) >= 11 is 0. The van der Waals surface area contributed by atoms with Crippen LogP contribution in [0.5, 0.6) is 5.75 Å². The predicted octanol–water partition coefficient (Wildman–Crippen LogP) is 4.96. The summed E-state index contributed by atoms with van der Waals surface area (Å²) in [5, 5.41) is 4.44. The lowest BCUT2D eigenvalue weighted by molar-refractivity contribution is -0.130. The van der Waals surface area contributed by atoms with Gasteiger partial charge in [-0.1, -0.05) is 77.9 Å². The van der Waals surface area contributed by atoms with Gasteiger partial charge < -0.3 is 14.5 Å². The highest BCUT2D eigenvalue weighted by atomic mass is 16.5. The molecular formula is C32H36N4O3. The number of likely N-dealkylation sites (N-methyl/N-ethyl adjacent to an activating group) is 2. The highest BCUT2D eigenvalue weighted by Crippen LogP contribution is 2.24. The van der Waals surface area contributed by atoms with Crippen LogP contribution in [0.4, 0.5) is 5.69 Å². The molecule has 4 rings (SSSR count). The van der Waals surface area contributed by atoms with E-state index in [1.165, 1.54) is 4.68 Å². The van der Waals surface area contributed by atoms with Crippen LogP contribution in [0.1, 0.15) is 29.2 Å². The Bertz CT molecular complexity index is 1430. The molecule has 0 saturated heterocycles. The van der Waals surface area contributed by atoms with Crippen molar-refractivity contribution in [3.8, 4) is 11.4 Å². The molecule has 0 radical (unpaired) electrons. The Balaban J connectivity index is 1.53. The molecule has 0 aliphatic carbocycles. The van der Waals surface area contributed by atoms with Crippen molar-refractivity contribution in [3.63, 3.8) is 0 Å². The SMILES string of the molecule is CCN(CCN(C)c1cnn(-c2ccccc2)c(=O)c1OCc1ccccc1)C(=O)Cc1cc(C)cc(C)c1. The Hall–Kier alpha value is -4.39. The van der Waals surface area contributed by atoms with Gasteiger partial charge in [0.1, 0.15) is 12.3 Å². The number of carbonyl (C=O) groups is 1. The van der Waals surface area contributed by atoms with E-state index in [-0.39, 0.29) is 23.8 Å². The van der Waals surface area contributed by atoms with Crippen molar-refractivity contribution in [2.75, 3.05) is 31.6 Å². The van der Waals surface area contributed by atoms with E-state index in [1.807, 2.05) is 98.3 Å². The second-order valence-electron chi connectivity index (χ2n) is 9.75. The first-order valence-corrected chi connectivity index (χ1v) is 13.3. The number of aryl methyl sites for hydroxylation is 2. The zero-order valence-corrected chi connectivity index (χ0v) is 23.1. The molecule has 0 aliphatic rings. The predicted molar refractivity (Wildman–Crippen MR) is 156 cm³/mol. The molecule has 7 heteroatoms. The maximum atomic E-state index is 13.6. The number of carbonyl (C=O) groups excluding carboxylic acids is 1. The summed E-state index contributed by atoms with van der Waals surface area (Å²) in [5.41, 5.74) is 5.20. The average Bonchev–Trinajstić information content (AvgIpc) is 2.93. The number of ether oxygens (including phenoxy) is 1. The fourth-order valence-corrected chi connectivity index (χ4v) is 4.63. The monoisotopic (exact) mass is 524 g/mol. The van der Waals surface area contributed by atoms with Gasteiger partial charge in [-0.05, 0) is 44.0 Å². The molecule has 0 spiro atoms. The van der Waals surface area contributed by atoms with E-state index in [9.17, 15) is 9.59 Å². The number of anilines is 1. The summed E-state index contributed by atoms with van der Waals surface area (Å²) in [6, 6.07) is 25.3. The Kier molecular flexibility index (Phi) is 9.15. The molecule has 1 heterocycles. The third kappa shape index (κ3) is 7.13. The summed E-state index contributed by atoms with van der Waals surface area (Å²) in [7, 11) is 1.89. The molecule has 39 heavy (non-hydrogen) atoms. The summed E-state index contributed by atoms with van der Waals surface area (Å²) in [6.45, 7) is 7.96. The number of hydrogen-bond donors (Lipinski definition) is 0. The van der Waals surface area contributed by atoms with Crippen molar-refractivity contribution in [2.24, 2.45) is 0 Å². The van der Waals surface area contributed by atoms with Crippen LogP contribution in [0.25, 0.3) is 5.69 Å². The number of aromatic nitrogens is 2. The fourth-order valence-electron chi connectivity index (χ4n) is 4.63. The lowest BCUT2D eigenvalue weighted by Crippen LogP contribution is -2.39. The van der Waals surface area contributed by atoms with Crippen molar-refractivity contribution >= 4 is 11.6 Å². The molecule has 0 atom stereocenters. The molecule has 202 valence electrons. The van der Waals surface area contributed by atoms with Crippen molar-refractivity contribution in [1.29, 1.82) is 0 Å². The standard InChI is InChI=1S/C32H36N4O3/c1-5-35(30(37)21-27-19-24(2)18-25(3)20-27)17-16-34(4)29-22-33-36(28-14-10-7-11-15-28)32(38)31(29)39-23-26-12-8-6-9-13-26/h6-15,18-20,22H,5,16-17,21,23H2,1-4H3. The number of nitrogens with zero attached hydrogens (tertiary/aromatic N) is 4. The fraction of sp³-hybridized carbons (Fsp3) is 0.281. The first kappa shape index (κ1) is 27.6. The number of rotatable bonds is 11. The Labute approximate surface area is 230 Å². The number of amides is 1. The molecule has 4 aromatic rings. The summed E-state index contributed by atoms with van der Waals surface area (Å²) in [5.74, 6) is 0.305. The van der Waals surface area contributed by atoms with Gasteiger partial charge in [-0.2, -0.15) is 9.78 Å². The average molecular weight is 525 g/mol. The van der Waals surface area contributed by atoms with E-state index in [2.05, 4.69) is 23.3 Å². The lowest BCUT2D eigenvalue weighted by Gasteiger charge is -2.27. The molecule has 1 amide bonds. The molecule has 0 saturated carbocycles. The molecule has 0 aliphatic heterocycles. The Morgan fingerprint density at radius 3 is 2.18 bits per heavy atom. The summed E-state index contributed by atoms with van der Waals surface area (Å²) in [6.07, 6.45) is 2.02. The zero-order chi connectivity index (χ0) is 27.8. The van der Waals surface area contributed by atoms with Gasteiger partial charge in [0.05, 0.1) is 18.3 Å². The van der Waals surface area contributed by atoms with Crippen LogP contribution in [0.3, 0.4) is 0 Å². The van der Waals surface area contributed by atoms with Gasteiger partial charge in [-0.3, -0.25) is 9.59 Å². The van der Waals surface area contributed by atoms with Crippen LogP contribution in [0.2, 0.25) is 0 Å². The largest absolute Gasteiger partial charge is 0.481 e. The van der Waals surface area contributed by atoms with Crippen molar-refractivity contribution in [2.45, 2.75) is 33.8 Å². The van der Waals surface area contributed by atoms with Crippen molar-refractivity contribution in [3.05, 3.63) is 118 Å². The highest BCUT2D eigenvalue weighted by molar-refractivity contribution is 5.79. The van der Waals surface area contributed by atoms with Gasteiger partial charge in [-0.15, -0.1) is 0 Å². The molecule has 1 aromatic heterocycles. The van der Waals surface area contributed by atoms with Crippen LogP contribution in [-0.4, -0.2) is 47.3 Å². The number of hydrogen-bond acceptors (Lipinski definition) is 5. The summed E-state index contributed by atoms with van der Waals surface area (Å²) in [4.78, 5) is 30.4. The quantitative estimate of drug-likeness (QED) is 0.278.